The van der Waals surface area contributed by atoms with Crippen LogP contribution in [0.5, 0.6) is 0 Å². The van der Waals surface area contributed by atoms with Crippen molar-refractivity contribution in [2.75, 3.05) is 0 Å². The fraction of sp³-hybridized carbons (Fsp3) is 0. The fourth-order valence-electron chi connectivity index (χ4n) is 8.82. The zero-order chi connectivity index (χ0) is 36.7. The highest BCUT2D eigenvalue weighted by molar-refractivity contribution is 6.29. The Morgan fingerprint density at radius 3 is 1.48 bits per heavy atom. The molecule has 4 heteroatoms. The van der Waals surface area contributed by atoms with Gasteiger partial charge in [0, 0.05) is 38.2 Å². The first-order valence-corrected chi connectivity index (χ1v) is 19.0. The molecule has 0 N–H and O–H groups in total. The molecular formula is C52H31N3O. The molecule has 3 heterocycles. The number of hydrogen-bond donors (Lipinski definition) is 0. The van der Waals surface area contributed by atoms with Crippen LogP contribution in [-0.4, -0.2) is 14.5 Å². The highest BCUT2D eigenvalue weighted by Crippen LogP contribution is 2.45. The normalized spacial score (nSPS) is 11.9. The van der Waals surface area contributed by atoms with E-state index in [4.69, 9.17) is 14.4 Å². The topological polar surface area (TPSA) is 43.9 Å². The average molecular weight is 714 g/mol. The van der Waals surface area contributed by atoms with Gasteiger partial charge in [0.25, 0.3) is 0 Å². The van der Waals surface area contributed by atoms with Crippen LogP contribution < -0.4 is 0 Å². The van der Waals surface area contributed by atoms with Gasteiger partial charge in [-0.2, -0.15) is 0 Å². The number of nitrogens with zero attached hydrogens (tertiary/aromatic N) is 3. The van der Waals surface area contributed by atoms with Crippen molar-refractivity contribution in [3.05, 3.63) is 188 Å². The van der Waals surface area contributed by atoms with E-state index in [-0.39, 0.29) is 0 Å². The van der Waals surface area contributed by atoms with Crippen molar-refractivity contribution in [3.63, 3.8) is 0 Å². The maximum absolute atomic E-state index is 7.01. The molecule has 0 bridgehead atoms. The highest BCUT2D eigenvalue weighted by atomic mass is 16.3. The highest BCUT2D eigenvalue weighted by Gasteiger charge is 2.23. The van der Waals surface area contributed by atoms with Crippen LogP contribution in [0, 0.1) is 0 Å². The third-order valence-corrected chi connectivity index (χ3v) is 11.4. The Balaban J connectivity index is 1.25. The van der Waals surface area contributed by atoms with Gasteiger partial charge < -0.3 is 8.98 Å². The molecule has 0 spiro atoms. The molecule has 4 nitrogen and oxygen atoms in total. The maximum Gasteiger partial charge on any atom is 0.160 e. The molecule has 56 heavy (non-hydrogen) atoms. The van der Waals surface area contributed by atoms with Crippen LogP contribution >= 0.6 is 0 Å². The van der Waals surface area contributed by atoms with Gasteiger partial charge >= 0.3 is 0 Å². The van der Waals surface area contributed by atoms with E-state index in [0.717, 1.165) is 72.1 Å². The molecule has 0 aliphatic rings. The van der Waals surface area contributed by atoms with Crippen LogP contribution in [0.2, 0.25) is 0 Å². The second-order valence-corrected chi connectivity index (χ2v) is 14.5. The largest absolute Gasteiger partial charge is 0.454 e. The van der Waals surface area contributed by atoms with E-state index in [0.29, 0.717) is 5.82 Å². The van der Waals surface area contributed by atoms with Gasteiger partial charge in [-0.1, -0.05) is 152 Å². The van der Waals surface area contributed by atoms with Crippen LogP contribution in [0.3, 0.4) is 0 Å². The van der Waals surface area contributed by atoms with Crippen LogP contribution in [0.4, 0.5) is 0 Å². The zero-order valence-corrected chi connectivity index (χ0v) is 30.1. The predicted molar refractivity (Wildman–Crippen MR) is 232 cm³/mol. The average Bonchev–Trinajstić information content (AvgIpc) is 3.83. The molecule has 0 aliphatic heterocycles. The molecule has 0 aliphatic carbocycles. The summed E-state index contributed by atoms with van der Waals surface area (Å²) in [6.07, 6.45) is 0. The van der Waals surface area contributed by atoms with Crippen LogP contribution in [-0.2, 0) is 0 Å². The fourth-order valence-corrected chi connectivity index (χ4v) is 8.82. The van der Waals surface area contributed by atoms with Gasteiger partial charge in [0.05, 0.1) is 28.1 Å². The lowest BCUT2D eigenvalue weighted by Crippen LogP contribution is -1.98. The molecule has 0 fully saturated rings. The zero-order valence-electron chi connectivity index (χ0n) is 30.1. The number of furan rings is 1. The Hall–Kier alpha value is -7.56. The number of hydrogen-bond acceptors (Lipinski definition) is 3. The quantitative estimate of drug-likeness (QED) is 0.182. The van der Waals surface area contributed by atoms with E-state index in [1.165, 1.54) is 37.7 Å². The molecule has 0 atom stereocenters. The van der Waals surface area contributed by atoms with Crippen molar-refractivity contribution in [1.82, 2.24) is 14.5 Å². The van der Waals surface area contributed by atoms with Crippen molar-refractivity contribution in [2.45, 2.75) is 0 Å². The standard InChI is InChI=1S/C52H31N3O/c1-3-16-35(17-4-1)42-31-43(54-52(53-42)36-18-5-2-6-19-36)37-29-41-48-38-20-10-7-15-34(38)25-28-47(48)56-51(41)46(30-37)55-44-26-23-32-13-8-11-21-39(32)49(44)50-40-22-12-9-14-33(40)24-27-45(50)55/h1-31H. The van der Waals surface area contributed by atoms with Crippen LogP contribution in [0.1, 0.15) is 0 Å². The lowest BCUT2D eigenvalue weighted by Gasteiger charge is -2.13. The minimum Gasteiger partial charge on any atom is -0.454 e. The monoisotopic (exact) mass is 713 g/mol. The van der Waals surface area contributed by atoms with Crippen molar-refractivity contribution in [1.29, 1.82) is 0 Å². The summed E-state index contributed by atoms with van der Waals surface area (Å²) in [7, 11) is 0. The van der Waals surface area contributed by atoms with E-state index in [1.54, 1.807) is 0 Å². The first-order chi connectivity index (χ1) is 27.8. The summed E-state index contributed by atoms with van der Waals surface area (Å²) in [5.41, 5.74) is 9.59. The van der Waals surface area contributed by atoms with Crippen molar-refractivity contribution in [3.8, 4) is 39.6 Å². The summed E-state index contributed by atoms with van der Waals surface area (Å²) >= 11 is 0. The number of benzene rings is 9. The number of fused-ring (bicyclic) bond motifs is 12. The molecule has 0 unspecified atom stereocenters. The minimum absolute atomic E-state index is 0.681. The van der Waals surface area contributed by atoms with Gasteiger partial charge in [-0.25, -0.2) is 9.97 Å². The summed E-state index contributed by atoms with van der Waals surface area (Å²) in [5.74, 6) is 0.681. The van der Waals surface area contributed by atoms with E-state index in [2.05, 4.69) is 168 Å². The first kappa shape index (κ1) is 30.9. The second-order valence-electron chi connectivity index (χ2n) is 14.5. The predicted octanol–water partition coefficient (Wildman–Crippen LogP) is 13.9. The molecule has 3 aromatic heterocycles. The van der Waals surface area contributed by atoms with Gasteiger partial charge in [-0.15, -0.1) is 0 Å². The molecule has 0 saturated carbocycles. The SMILES string of the molecule is c1ccc(-c2cc(-c3cc(-n4c5ccc6ccccc6c5c5c6ccccc6ccc54)c4oc5ccc6ccccc6c5c4c3)nc(-c3ccccc3)n2)cc1. The molecule has 12 aromatic rings. The number of aromatic nitrogens is 3. The minimum atomic E-state index is 0.681. The first-order valence-electron chi connectivity index (χ1n) is 19.0. The van der Waals surface area contributed by atoms with E-state index >= 15 is 0 Å². The summed E-state index contributed by atoms with van der Waals surface area (Å²) in [5, 5.41) is 11.8. The second kappa shape index (κ2) is 12.0. The molecule has 12 rings (SSSR count). The van der Waals surface area contributed by atoms with Gasteiger partial charge in [-0.3, -0.25) is 0 Å². The van der Waals surface area contributed by atoms with Crippen LogP contribution in [0.25, 0.3) is 116 Å². The smallest absolute Gasteiger partial charge is 0.160 e. The Morgan fingerprint density at radius 2 is 0.875 bits per heavy atom. The van der Waals surface area contributed by atoms with Gasteiger partial charge in [0.15, 0.2) is 11.4 Å². The maximum atomic E-state index is 7.01. The molecule has 260 valence electrons. The Morgan fingerprint density at radius 1 is 0.375 bits per heavy atom. The third kappa shape index (κ3) is 4.60. The molecule has 9 aromatic carbocycles. The van der Waals surface area contributed by atoms with E-state index < -0.39 is 0 Å². The summed E-state index contributed by atoms with van der Waals surface area (Å²) in [4.78, 5) is 10.4. The van der Waals surface area contributed by atoms with Gasteiger partial charge in [-0.05, 0) is 68.7 Å². The molecular weight excluding hydrogens is 683 g/mol. The Labute approximate surface area is 321 Å². The van der Waals surface area contributed by atoms with Gasteiger partial charge in [0.2, 0.25) is 0 Å². The van der Waals surface area contributed by atoms with E-state index in [1.807, 2.05) is 24.3 Å². The van der Waals surface area contributed by atoms with Crippen molar-refractivity contribution >= 4 is 76.1 Å². The summed E-state index contributed by atoms with van der Waals surface area (Å²) < 4.78 is 9.43. The Kier molecular flexibility index (Phi) is 6.60. The lowest BCUT2D eigenvalue weighted by atomic mass is 10.00. The molecule has 0 amide bonds. The summed E-state index contributed by atoms with van der Waals surface area (Å²) in [6, 6.07) is 66.6. The lowest BCUT2D eigenvalue weighted by molar-refractivity contribution is 0.666. The Bertz CT molecular complexity index is 3380. The van der Waals surface area contributed by atoms with Crippen LogP contribution in [0.15, 0.2) is 192 Å². The number of rotatable bonds is 4. The third-order valence-electron chi connectivity index (χ3n) is 11.4. The van der Waals surface area contributed by atoms with Gasteiger partial charge in [0.1, 0.15) is 5.58 Å². The van der Waals surface area contributed by atoms with E-state index in [9.17, 15) is 0 Å². The van der Waals surface area contributed by atoms with Crippen molar-refractivity contribution < 1.29 is 4.42 Å². The summed E-state index contributed by atoms with van der Waals surface area (Å²) in [6.45, 7) is 0. The van der Waals surface area contributed by atoms with Crippen molar-refractivity contribution in [2.24, 2.45) is 0 Å². The molecule has 0 radical (unpaired) electrons. The molecule has 0 saturated heterocycles.